The summed E-state index contributed by atoms with van der Waals surface area (Å²) in [6, 6.07) is 17.4. The molecule has 2 aromatic carbocycles. The zero-order chi connectivity index (χ0) is 19.1. The van der Waals surface area contributed by atoms with Crippen molar-refractivity contribution in [2.75, 3.05) is 25.2 Å². The summed E-state index contributed by atoms with van der Waals surface area (Å²) in [7, 11) is 1.58. The summed E-state index contributed by atoms with van der Waals surface area (Å²) in [4.78, 5) is 19.0. The molecular weight excluding hydrogens is 360 g/mol. The van der Waals surface area contributed by atoms with Crippen molar-refractivity contribution in [3.8, 4) is 11.5 Å². The molecule has 0 aliphatic carbocycles. The third kappa shape index (κ3) is 5.08. The van der Waals surface area contributed by atoms with E-state index in [1.165, 1.54) is 16.9 Å². The number of aryl methyl sites for hydroxylation is 1. The molecule has 0 aliphatic heterocycles. The molecule has 1 heterocycles. The van der Waals surface area contributed by atoms with Gasteiger partial charge in [-0.15, -0.1) is 11.3 Å². The minimum absolute atomic E-state index is 0.0756. The molecule has 140 valence electrons. The van der Waals surface area contributed by atoms with Crippen molar-refractivity contribution in [3.05, 3.63) is 71.2 Å². The van der Waals surface area contributed by atoms with E-state index in [0.717, 1.165) is 12.1 Å². The summed E-state index contributed by atoms with van der Waals surface area (Å²) < 4.78 is 11.0. The van der Waals surface area contributed by atoms with Crippen LogP contribution >= 0.6 is 11.3 Å². The van der Waals surface area contributed by atoms with Crippen molar-refractivity contribution in [2.45, 2.75) is 13.3 Å². The summed E-state index contributed by atoms with van der Waals surface area (Å²) in [5, 5.41) is 2.64. The molecule has 0 fully saturated rings. The fourth-order valence-electron chi connectivity index (χ4n) is 2.63. The lowest BCUT2D eigenvalue weighted by Crippen LogP contribution is -2.36. The van der Waals surface area contributed by atoms with Crippen molar-refractivity contribution in [1.29, 1.82) is 0 Å². The number of anilines is 1. The average molecular weight is 382 g/mol. The normalized spacial score (nSPS) is 10.4. The molecule has 0 aliphatic rings. The second-order valence-corrected chi connectivity index (χ2v) is 6.83. The molecule has 0 spiro atoms. The number of benzene rings is 2. The van der Waals surface area contributed by atoms with E-state index in [1.807, 2.05) is 42.6 Å². The fourth-order valence-corrected chi connectivity index (χ4v) is 3.48. The molecule has 1 aromatic heterocycles. The first-order valence-corrected chi connectivity index (χ1v) is 9.57. The Labute approximate surface area is 163 Å². The number of thiazole rings is 1. The summed E-state index contributed by atoms with van der Waals surface area (Å²) in [5.74, 6) is 1.02. The first-order chi connectivity index (χ1) is 13.2. The number of para-hydroxylation sites is 2. The zero-order valence-electron chi connectivity index (χ0n) is 15.4. The standard InChI is InChI=1S/C21H22N2O3S/c1-16-15-27-21(22-16)23(13-12-17-8-4-3-5-9-17)20(24)14-26-19-11-7-6-10-18(19)25-2/h3-11,15H,12-14H2,1-2H3. The van der Waals surface area contributed by atoms with Crippen LogP contribution in [0.4, 0.5) is 5.13 Å². The SMILES string of the molecule is COc1ccccc1OCC(=O)N(CCc1ccccc1)c1nc(C)cs1. The van der Waals surface area contributed by atoms with E-state index in [-0.39, 0.29) is 12.5 Å². The van der Waals surface area contributed by atoms with Crippen LogP contribution < -0.4 is 14.4 Å². The number of nitrogens with zero attached hydrogens (tertiary/aromatic N) is 2. The molecular formula is C21H22N2O3S. The Kier molecular flexibility index (Phi) is 6.44. The van der Waals surface area contributed by atoms with Gasteiger partial charge in [-0.25, -0.2) is 4.98 Å². The van der Waals surface area contributed by atoms with Crippen LogP contribution in [-0.2, 0) is 11.2 Å². The van der Waals surface area contributed by atoms with Gasteiger partial charge >= 0.3 is 0 Å². The Morgan fingerprint density at radius 2 is 1.78 bits per heavy atom. The highest BCUT2D eigenvalue weighted by Crippen LogP contribution is 2.26. The minimum Gasteiger partial charge on any atom is -0.493 e. The number of hydrogen-bond donors (Lipinski definition) is 0. The number of hydrogen-bond acceptors (Lipinski definition) is 5. The fraction of sp³-hybridized carbons (Fsp3) is 0.238. The highest BCUT2D eigenvalue weighted by molar-refractivity contribution is 7.14. The number of aromatic nitrogens is 1. The van der Waals surface area contributed by atoms with Gasteiger partial charge in [-0.05, 0) is 31.0 Å². The molecule has 0 saturated carbocycles. The third-order valence-electron chi connectivity index (χ3n) is 4.03. The maximum absolute atomic E-state index is 12.9. The Morgan fingerprint density at radius 1 is 1.07 bits per heavy atom. The summed E-state index contributed by atoms with van der Waals surface area (Å²) >= 11 is 1.46. The van der Waals surface area contributed by atoms with Crippen LogP contribution in [0.15, 0.2) is 60.0 Å². The number of rotatable bonds is 8. The zero-order valence-corrected chi connectivity index (χ0v) is 16.2. The lowest BCUT2D eigenvalue weighted by atomic mass is 10.1. The quantitative estimate of drug-likeness (QED) is 0.588. The monoisotopic (exact) mass is 382 g/mol. The van der Waals surface area contributed by atoms with E-state index >= 15 is 0 Å². The van der Waals surface area contributed by atoms with Gasteiger partial charge in [0.15, 0.2) is 23.2 Å². The Hall–Kier alpha value is -2.86. The van der Waals surface area contributed by atoms with E-state index < -0.39 is 0 Å². The molecule has 3 aromatic rings. The highest BCUT2D eigenvalue weighted by Gasteiger charge is 2.20. The third-order valence-corrected chi connectivity index (χ3v) is 5.01. The summed E-state index contributed by atoms with van der Waals surface area (Å²) in [6.45, 7) is 2.39. The summed E-state index contributed by atoms with van der Waals surface area (Å²) in [5.41, 5.74) is 2.08. The molecule has 5 nitrogen and oxygen atoms in total. The largest absolute Gasteiger partial charge is 0.493 e. The van der Waals surface area contributed by atoms with Gasteiger partial charge in [0.1, 0.15) is 0 Å². The first-order valence-electron chi connectivity index (χ1n) is 8.69. The number of ether oxygens (including phenoxy) is 2. The van der Waals surface area contributed by atoms with Gasteiger partial charge in [0.05, 0.1) is 12.8 Å². The lowest BCUT2D eigenvalue weighted by molar-refractivity contribution is -0.120. The summed E-state index contributed by atoms with van der Waals surface area (Å²) in [6.07, 6.45) is 0.750. The highest BCUT2D eigenvalue weighted by atomic mass is 32.1. The molecule has 0 unspecified atom stereocenters. The van der Waals surface area contributed by atoms with Crippen molar-refractivity contribution in [3.63, 3.8) is 0 Å². The number of methoxy groups -OCH3 is 1. The van der Waals surface area contributed by atoms with Crippen molar-refractivity contribution in [2.24, 2.45) is 0 Å². The van der Waals surface area contributed by atoms with Gasteiger partial charge in [0, 0.05) is 11.9 Å². The Bertz CT molecular complexity index is 880. The molecule has 6 heteroatoms. The number of amides is 1. The molecule has 1 amide bonds. The smallest absolute Gasteiger partial charge is 0.266 e. The Balaban J connectivity index is 1.70. The van der Waals surface area contributed by atoms with Crippen LogP contribution in [0.2, 0.25) is 0 Å². The van der Waals surface area contributed by atoms with Crippen molar-refractivity contribution < 1.29 is 14.3 Å². The van der Waals surface area contributed by atoms with Crippen LogP contribution in [0.3, 0.4) is 0 Å². The van der Waals surface area contributed by atoms with Gasteiger partial charge in [0.25, 0.3) is 5.91 Å². The molecule has 3 rings (SSSR count). The second kappa shape index (κ2) is 9.19. The minimum atomic E-state index is -0.133. The van der Waals surface area contributed by atoms with E-state index in [4.69, 9.17) is 9.47 Å². The van der Waals surface area contributed by atoms with E-state index in [9.17, 15) is 4.79 Å². The van der Waals surface area contributed by atoms with E-state index in [0.29, 0.717) is 23.2 Å². The van der Waals surface area contributed by atoms with Crippen LogP contribution in [0.1, 0.15) is 11.3 Å². The molecule has 0 radical (unpaired) electrons. The van der Waals surface area contributed by atoms with Gasteiger partial charge in [-0.3, -0.25) is 9.69 Å². The molecule has 0 saturated heterocycles. The van der Waals surface area contributed by atoms with Crippen molar-refractivity contribution in [1.82, 2.24) is 4.98 Å². The maximum Gasteiger partial charge on any atom is 0.266 e. The molecule has 0 atom stereocenters. The van der Waals surface area contributed by atoms with Crippen LogP contribution in [-0.4, -0.2) is 31.2 Å². The number of carbonyl (C=O) groups is 1. The molecule has 27 heavy (non-hydrogen) atoms. The van der Waals surface area contributed by atoms with Gasteiger partial charge in [-0.2, -0.15) is 0 Å². The van der Waals surface area contributed by atoms with Gasteiger partial charge in [0.2, 0.25) is 0 Å². The Morgan fingerprint density at radius 3 is 2.44 bits per heavy atom. The topological polar surface area (TPSA) is 51.7 Å². The van der Waals surface area contributed by atoms with Crippen LogP contribution in [0, 0.1) is 6.92 Å². The number of carbonyl (C=O) groups excluding carboxylic acids is 1. The average Bonchev–Trinajstić information content (AvgIpc) is 3.13. The van der Waals surface area contributed by atoms with Crippen LogP contribution in [0.5, 0.6) is 11.5 Å². The molecule has 0 N–H and O–H groups in total. The van der Waals surface area contributed by atoms with E-state index in [1.54, 1.807) is 24.1 Å². The predicted molar refractivity (Wildman–Crippen MR) is 108 cm³/mol. The maximum atomic E-state index is 12.9. The van der Waals surface area contributed by atoms with E-state index in [2.05, 4.69) is 17.1 Å². The first kappa shape index (κ1) is 18.9. The van der Waals surface area contributed by atoms with Gasteiger partial charge < -0.3 is 9.47 Å². The van der Waals surface area contributed by atoms with Crippen molar-refractivity contribution >= 4 is 22.4 Å². The molecule has 0 bridgehead atoms. The van der Waals surface area contributed by atoms with Crippen LogP contribution in [0.25, 0.3) is 0 Å². The second-order valence-electron chi connectivity index (χ2n) is 5.99. The predicted octanol–water partition coefficient (Wildman–Crippen LogP) is 4.11. The lowest BCUT2D eigenvalue weighted by Gasteiger charge is -2.20. The van der Waals surface area contributed by atoms with Gasteiger partial charge in [-0.1, -0.05) is 42.5 Å².